The number of hydrogen-bond donors (Lipinski definition) is 1. The standard InChI is InChI=1S/C15H23NO/c1-2-8-15(9-3-1)17-13-12-16-11-10-14-6-4-5-7-14/h1-3,8-9,14,16H,4-7,10-13H2. The van der Waals surface area contributed by atoms with Gasteiger partial charge in [-0.15, -0.1) is 0 Å². The van der Waals surface area contributed by atoms with Crippen molar-refractivity contribution in [1.82, 2.24) is 5.32 Å². The highest BCUT2D eigenvalue weighted by molar-refractivity contribution is 5.20. The fraction of sp³-hybridized carbons (Fsp3) is 0.600. The molecule has 0 aromatic heterocycles. The molecule has 1 fully saturated rings. The number of benzene rings is 1. The van der Waals surface area contributed by atoms with E-state index >= 15 is 0 Å². The third-order valence-corrected chi connectivity index (χ3v) is 3.49. The molecule has 1 aromatic carbocycles. The van der Waals surface area contributed by atoms with Crippen molar-refractivity contribution in [3.8, 4) is 5.75 Å². The van der Waals surface area contributed by atoms with Crippen LogP contribution in [0.2, 0.25) is 0 Å². The Morgan fingerprint density at radius 2 is 1.82 bits per heavy atom. The molecule has 1 saturated carbocycles. The van der Waals surface area contributed by atoms with E-state index in [0.29, 0.717) is 0 Å². The van der Waals surface area contributed by atoms with Gasteiger partial charge in [0.2, 0.25) is 0 Å². The molecule has 0 radical (unpaired) electrons. The summed E-state index contributed by atoms with van der Waals surface area (Å²) in [5.74, 6) is 1.95. The molecule has 94 valence electrons. The summed E-state index contributed by atoms with van der Waals surface area (Å²) in [5, 5.41) is 3.46. The number of hydrogen-bond acceptors (Lipinski definition) is 2. The van der Waals surface area contributed by atoms with Crippen LogP contribution in [0.15, 0.2) is 30.3 Å². The van der Waals surface area contributed by atoms with E-state index in [2.05, 4.69) is 5.32 Å². The van der Waals surface area contributed by atoms with Crippen LogP contribution in [0, 0.1) is 5.92 Å². The van der Waals surface area contributed by atoms with Crippen molar-refractivity contribution in [3.05, 3.63) is 30.3 Å². The van der Waals surface area contributed by atoms with E-state index in [9.17, 15) is 0 Å². The lowest BCUT2D eigenvalue weighted by molar-refractivity contribution is 0.311. The summed E-state index contributed by atoms with van der Waals surface area (Å²) in [6, 6.07) is 10.0. The van der Waals surface area contributed by atoms with Crippen molar-refractivity contribution in [3.63, 3.8) is 0 Å². The first kappa shape index (κ1) is 12.4. The summed E-state index contributed by atoms with van der Waals surface area (Å²) < 4.78 is 5.62. The van der Waals surface area contributed by atoms with Gasteiger partial charge in [-0.3, -0.25) is 0 Å². The zero-order valence-corrected chi connectivity index (χ0v) is 10.5. The molecule has 1 aliphatic carbocycles. The minimum Gasteiger partial charge on any atom is -0.492 e. The molecule has 0 saturated heterocycles. The minimum atomic E-state index is 0.759. The summed E-state index contributed by atoms with van der Waals surface area (Å²) in [5.41, 5.74) is 0. The van der Waals surface area contributed by atoms with Gasteiger partial charge in [0.25, 0.3) is 0 Å². The molecule has 1 aliphatic rings. The molecular formula is C15H23NO. The lowest BCUT2D eigenvalue weighted by atomic mass is 10.0. The van der Waals surface area contributed by atoms with E-state index in [1.165, 1.54) is 32.1 Å². The van der Waals surface area contributed by atoms with Gasteiger partial charge < -0.3 is 10.1 Å². The van der Waals surface area contributed by atoms with E-state index in [1.807, 2.05) is 30.3 Å². The monoisotopic (exact) mass is 233 g/mol. The van der Waals surface area contributed by atoms with Crippen molar-refractivity contribution in [2.45, 2.75) is 32.1 Å². The summed E-state index contributed by atoms with van der Waals surface area (Å²) in [6.07, 6.45) is 7.12. The molecule has 2 heteroatoms. The van der Waals surface area contributed by atoms with Crippen molar-refractivity contribution >= 4 is 0 Å². The average Bonchev–Trinajstić information content (AvgIpc) is 2.88. The second-order valence-electron chi connectivity index (χ2n) is 4.85. The van der Waals surface area contributed by atoms with Crippen molar-refractivity contribution < 1.29 is 4.74 Å². The highest BCUT2D eigenvalue weighted by Crippen LogP contribution is 2.26. The van der Waals surface area contributed by atoms with Crippen LogP contribution in [-0.4, -0.2) is 19.7 Å². The van der Waals surface area contributed by atoms with Crippen molar-refractivity contribution in [1.29, 1.82) is 0 Å². The van der Waals surface area contributed by atoms with Gasteiger partial charge in [0.15, 0.2) is 0 Å². The van der Waals surface area contributed by atoms with Crippen molar-refractivity contribution in [2.75, 3.05) is 19.7 Å². The number of para-hydroxylation sites is 1. The van der Waals surface area contributed by atoms with Crippen molar-refractivity contribution in [2.24, 2.45) is 5.92 Å². The summed E-state index contributed by atoms with van der Waals surface area (Å²) in [6.45, 7) is 2.85. The maximum Gasteiger partial charge on any atom is 0.119 e. The quantitative estimate of drug-likeness (QED) is 0.730. The molecule has 0 spiro atoms. The van der Waals surface area contributed by atoms with Crippen LogP contribution in [0.5, 0.6) is 5.75 Å². The number of ether oxygens (including phenoxy) is 1. The summed E-state index contributed by atoms with van der Waals surface area (Å²) >= 11 is 0. The summed E-state index contributed by atoms with van der Waals surface area (Å²) in [7, 11) is 0. The van der Waals surface area contributed by atoms with Crippen LogP contribution in [0.4, 0.5) is 0 Å². The van der Waals surface area contributed by atoms with Crippen LogP contribution in [-0.2, 0) is 0 Å². The van der Waals surface area contributed by atoms with Crippen LogP contribution in [0.1, 0.15) is 32.1 Å². The highest BCUT2D eigenvalue weighted by atomic mass is 16.5. The normalized spacial score (nSPS) is 16.2. The lowest BCUT2D eigenvalue weighted by Gasteiger charge is -2.10. The predicted octanol–water partition coefficient (Wildman–Crippen LogP) is 3.24. The maximum absolute atomic E-state index is 5.62. The molecule has 0 aliphatic heterocycles. The predicted molar refractivity (Wildman–Crippen MR) is 71.4 cm³/mol. The van der Waals surface area contributed by atoms with Gasteiger partial charge >= 0.3 is 0 Å². The molecule has 0 bridgehead atoms. The SMILES string of the molecule is c1ccc(OCCNCCC2CCCC2)cc1. The highest BCUT2D eigenvalue weighted by Gasteiger charge is 2.13. The fourth-order valence-corrected chi connectivity index (χ4v) is 2.49. The lowest BCUT2D eigenvalue weighted by Crippen LogP contribution is -2.23. The largest absolute Gasteiger partial charge is 0.492 e. The Bertz CT molecular complexity index is 293. The van der Waals surface area contributed by atoms with Gasteiger partial charge in [0.05, 0.1) is 0 Å². The van der Waals surface area contributed by atoms with E-state index in [1.54, 1.807) is 0 Å². The zero-order valence-electron chi connectivity index (χ0n) is 10.5. The Labute approximate surface area is 104 Å². The molecule has 0 unspecified atom stereocenters. The zero-order chi connectivity index (χ0) is 11.8. The van der Waals surface area contributed by atoms with Gasteiger partial charge in [-0.2, -0.15) is 0 Å². The van der Waals surface area contributed by atoms with Crippen LogP contribution in [0.25, 0.3) is 0 Å². The first-order valence-corrected chi connectivity index (χ1v) is 6.84. The Morgan fingerprint density at radius 1 is 1.06 bits per heavy atom. The topological polar surface area (TPSA) is 21.3 Å². The van der Waals surface area contributed by atoms with Gasteiger partial charge in [-0.25, -0.2) is 0 Å². The second kappa shape index (κ2) is 7.33. The van der Waals surface area contributed by atoms with Gasteiger partial charge in [0.1, 0.15) is 12.4 Å². The molecule has 2 rings (SSSR count). The summed E-state index contributed by atoms with van der Waals surface area (Å²) in [4.78, 5) is 0. The molecule has 0 heterocycles. The first-order chi connectivity index (χ1) is 8.45. The maximum atomic E-state index is 5.62. The number of nitrogens with one attached hydrogen (secondary N) is 1. The van der Waals surface area contributed by atoms with Crippen LogP contribution >= 0.6 is 0 Å². The smallest absolute Gasteiger partial charge is 0.119 e. The van der Waals surface area contributed by atoms with E-state index in [-0.39, 0.29) is 0 Å². The minimum absolute atomic E-state index is 0.759. The number of rotatable bonds is 7. The molecule has 1 aromatic rings. The molecular weight excluding hydrogens is 210 g/mol. The molecule has 17 heavy (non-hydrogen) atoms. The Kier molecular flexibility index (Phi) is 5.37. The third-order valence-electron chi connectivity index (χ3n) is 3.49. The fourth-order valence-electron chi connectivity index (χ4n) is 2.49. The molecule has 1 N–H and O–H groups in total. The molecule has 0 amide bonds. The average molecular weight is 233 g/mol. The Balaban J connectivity index is 1.46. The first-order valence-electron chi connectivity index (χ1n) is 6.84. The second-order valence-corrected chi connectivity index (χ2v) is 4.85. The van der Waals surface area contributed by atoms with Crippen LogP contribution in [0.3, 0.4) is 0 Å². The van der Waals surface area contributed by atoms with E-state index in [0.717, 1.165) is 31.4 Å². The van der Waals surface area contributed by atoms with E-state index in [4.69, 9.17) is 4.74 Å². The molecule has 2 nitrogen and oxygen atoms in total. The molecule has 0 atom stereocenters. The van der Waals surface area contributed by atoms with Gasteiger partial charge in [-0.1, -0.05) is 43.9 Å². The Hall–Kier alpha value is -1.02. The third kappa shape index (κ3) is 4.78. The van der Waals surface area contributed by atoms with Crippen LogP contribution < -0.4 is 10.1 Å². The van der Waals surface area contributed by atoms with Gasteiger partial charge in [0, 0.05) is 6.54 Å². The van der Waals surface area contributed by atoms with E-state index < -0.39 is 0 Å². The Morgan fingerprint density at radius 3 is 2.59 bits per heavy atom. The van der Waals surface area contributed by atoms with Gasteiger partial charge in [-0.05, 0) is 31.0 Å².